The lowest BCUT2D eigenvalue weighted by Crippen LogP contribution is -2.61. The second-order valence-electron chi connectivity index (χ2n) is 4.48. The van der Waals surface area contributed by atoms with Crippen molar-refractivity contribution in [1.29, 1.82) is 0 Å². The molecule has 0 aromatic rings. The summed E-state index contributed by atoms with van der Waals surface area (Å²) in [5.41, 5.74) is 5.16. The Hall–Kier alpha value is -0.650. The number of carbonyl (C=O) groups is 1. The SMILES string of the molecule is CC1(C)C(O)CC1NCC(N)C(=O)O. The Morgan fingerprint density at radius 2 is 2.29 bits per heavy atom. The fourth-order valence-electron chi connectivity index (χ4n) is 1.61. The molecule has 0 aromatic heterocycles. The molecule has 0 aromatic carbocycles. The second-order valence-corrected chi connectivity index (χ2v) is 4.48. The molecule has 3 atom stereocenters. The van der Waals surface area contributed by atoms with E-state index in [2.05, 4.69) is 5.32 Å². The van der Waals surface area contributed by atoms with E-state index in [0.29, 0.717) is 6.42 Å². The smallest absolute Gasteiger partial charge is 0.321 e. The van der Waals surface area contributed by atoms with Crippen molar-refractivity contribution in [2.24, 2.45) is 11.1 Å². The summed E-state index contributed by atoms with van der Waals surface area (Å²) in [5, 5.41) is 21.0. The molecule has 1 saturated carbocycles. The zero-order valence-corrected chi connectivity index (χ0v) is 8.53. The fourth-order valence-corrected chi connectivity index (χ4v) is 1.61. The summed E-state index contributed by atoms with van der Waals surface area (Å²) in [6.07, 6.45) is 0.361. The van der Waals surface area contributed by atoms with E-state index in [4.69, 9.17) is 10.8 Å². The first kappa shape index (κ1) is 11.4. The van der Waals surface area contributed by atoms with Crippen LogP contribution in [-0.2, 0) is 4.79 Å². The quantitative estimate of drug-likeness (QED) is 0.476. The molecular formula is C9H18N2O3. The number of nitrogens with one attached hydrogen (secondary N) is 1. The topological polar surface area (TPSA) is 95.6 Å². The van der Waals surface area contributed by atoms with Gasteiger partial charge in [0.15, 0.2) is 0 Å². The maximum atomic E-state index is 10.4. The van der Waals surface area contributed by atoms with Gasteiger partial charge in [-0.25, -0.2) is 0 Å². The van der Waals surface area contributed by atoms with Gasteiger partial charge in [-0.15, -0.1) is 0 Å². The summed E-state index contributed by atoms with van der Waals surface area (Å²) in [6.45, 7) is 4.15. The molecule has 0 radical (unpaired) electrons. The van der Waals surface area contributed by atoms with Crippen molar-refractivity contribution in [2.45, 2.75) is 38.5 Å². The molecule has 1 rings (SSSR count). The van der Waals surface area contributed by atoms with Crippen molar-refractivity contribution in [1.82, 2.24) is 5.32 Å². The molecule has 0 saturated heterocycles. The highest BCUT2D eigenvalue weighted by Crippen LogP contribution is 2.40. The number of aliphatic hydroxyl groups excluding tert-OH is 1. The van der Waals surface area contributed by atoms with E-state index in [1.54, 1.807) is 0 Å². The van der Waals surface area contributed by atoms with Gasteiger partial charge < -0.3 is 21.3 Å². The van der Waals surface area contributed by atoms with Crippen LogP contribution in [0.2, 0.25) is 0 Å². The number of carboxylic acid groups (broad SMARTS) is 1. The van der Waals surface area contributed by atoms with Gasteiger partial charge in [-0.05, 0) is 6.42 Å². The molecule has 14 heavy (non-hydrogen) atoms. The third-order valence-corrected chi connectivity index (χ3v) is 3.12. The summed E-state index contributed by atoms with van der Waals surface area (Å²) in [5.74, 6) is -1.00. The fraction of sp³-hybridized carbons (Fsp3) is 0.889. The largest absolute Gasteiger partial charge is 0.480 e. The van der Waals surface area contributed by atoms with Crippen LogP contribution in [-0.4, -0.2) is 40.9 Å². The van der Waals surface area contributed by atoms with Gasteiger partial charge in [0.25, 0.3) is 0 Å². The molecule has 1 fully saturated rings. The van der Waals surface area contributed by atoms with Crippen LogP contribution in [0.3, 0.4) is 0 Å². The van der Waals surface area contributed by atoms with E-state index in [-0.39, 0.29) is 24.1 Å². The molecule has 5 N–H and O–H groups in total. The Kier molecular flexibility index (Phi) is 3.14. The van der Waals surface area contributed by atoms with Crippen LogP contribution >= 0.6 is 0 Å². The van der Waals surface area contributed by atoms with E-state index in [1.165, 1.54) is 0 Å². The van der Waals surface area contributed by atoms with Gasteiger partial charge in [-0.1, -0.05) is 13.8 Å². The molecule has 0 aliphatic heterocycles. The van der Waals surface area contributed by atoms with E-state index in [1.807, 2.05) is 13.8 Å². The number of hydrogen-bond acceptors (Lipinski definition) is 4. The lowest BCUT2D eigenvalue weighted by atomic mass is 9.64. The molecule has 1 aliphatic carbocycles. The number of nitrogens with two attached hydrogens (primary N) is 1. The molecule has 82 valence electrons. The third kappa shape index (κ3) is 2.05. The molecule has 0 heterocycles. The minimum atomic E-state index is -1.00. The van der Waals surface area contributed by atoms with E-state index < -0.39 is 12.0 Å². The van der Waals surface area contributed by atoms with Crippen LogP contribution in [0.15, 0.2) is 0 Å². The molecule has 5 heteroatoms. The minimum absolute atomic E-state index is 0.155. The minimum Gasteiger partial charge on any atom is -0.480 e. The van der Waals surface area contributed by atoms with E-state index in [0.717, 1.165) is 0 Å². The van der Waals surface area contributed by atoms with Crippen molar-refractivity contribution in [3.05, 3.63) is 0 Å². The van der Waals surface area contributed by atoms with Gasteiger partial charge in [0.2, 0.25) is 0 Å². The summed E-state index contributed by atoms with van der Waals surface area (Å²) in [4.78, 5) is 10.4. The highest BCUT2D eigenvalue weighted by atomic mass is 16.4. The predicted molar refractivity (Wildman–Crippen MR) is 51.8 cm³/mol. The Bertz CT molecular complexity index is 230. The zero-order chi connectivity index (χ0) is 10.9. The predicted octanol–water partition coefficient (Wildman–Crippen LogP) is -0.853. The van der Waals surface area contributed by atoms with Gasteiger partial charge in [0.1, 0.15) is 6.04 Å². The Morgan fingerprint density at radius 3 is 2.64 bits per heavy atom. The first-order valence-electron chi connectivity index (χ1n) is 4.75. The molecule has 0 bridgehead atoms. The Labute approximate surface area is 83.3 Å². The highest BCUT2D eigenvalue weighted by Gasteiger charge is 2.46. The van der Waals surface area contributed by atoms with Crippen molar-refractivity contribution in [2.75, 3.05) is 6.54 Å². The van der Waals surface area contributed by atoms with E-state index >= 15 is 0 Å². The molecule has 0 amide bonds. The van der Waals surface area contributed by atoms with Gasteiger partial charge in [-0.2, -0.15) is 0 Å². The van der Waals surface area contributed by atoms with Gasteiger partial charge in [0.05, 0.1) is 6.10 Å². The molecular weight excluding hydrogens is 184 g/mol. The maximum absolute atomic E-state index is 10.4. The van der Waals surface area contributed by atoms with Crippen LogP contribution in [0.5, 0.6) is 0 Å². The standard InChI is InChI=1S/C9H18N2O3/c1-9(2)6(3-7(9)12)11-4-5(10)8(13)14/h5-7,11-12H,3-4,10H2,1-2H3,(H,13,14). The van der Waals surface area contributed by atoms with Gasteiger partial charge >= 0.3 is 5.97 Å². The Balaban J connectivity index is 2.31. The van der Waals surface area contributed by atoms with Crippen molar-refractivity contribution >= 4 is 5.97 Å². The number of hydrogen-bond donors (Lipinski definition) is 4. The summed E-state index contributed by atoms with van der Waals surface area (Å²) < 4.78 is 0. The Morgan fingerprint density at radius 1 is 1.71 bits per heavy atom. The van der Waals surface area contributed by atoms with Crippen LogP contribution < -0.4 is 11.1 Å². The number of rotatable bonds is 4. The molecule has 1 aliphatic rings. The van der Waals surface area contributed by atoms with Crippen molar-refractivity contribution < 1.29 is 15.0 Å². The van der Waals surface area contributed by atoms with Crippen LogP contribution in [0, 0.1) is 5.41 Å². The maximum Gasteiger partial charge on any atom is 0.321 e. The molecule has 3 unspecified atom stereocenters. The van der Waals surface area contributed by atoms with Crippen LogP contribution in [0.25, 0.3) is 0 Å². The monoisotopic (exact) mass is 202 g/mol. The summed E-state index contributed by atoms with van der Waals surface area (Å²) >= 11 is 0. The average molecular weight is 202 g/mol. The lowest BCUT2D eigenvalue weighted by molar-refractivity contribution is -0.138. The van der Waals surface area contributed by atoms with Crippen LogP contribution in [0.4, 0.5) is 0 Å². The van der Waals surface area contributed by atoms with E-state index in [9.17, 15) is 9.90 Å². The molecule has 5 nitrogen and oxygen atoms in total. The third-order valence-electron chi connectivity index (χ3n) is 3.12. The number of aliphatic carboxylic acids is 1. The first-order chi connectivity index (χ1) is 6.35. The highest BCUT2D eigenvalue weighted by molar-refractivity contribution is 5.73. The van der Waals surface area contributed by atoms with Crippen molar-refractivity contribution in [3.8, 4) is 0 Å². The lowest BCUT2D eigenvalue weighted by Gasteiger charge is -2.49. The normalized spacial score (nSPS) is 32.0. The first-order valence-corrected chi connectivity index (χ1v) is 4.75. The average Bonchev–Trinajstić information content (AvgIpc) is 2.11. The number of aliphatic hydroxyl groups is 1. The van der Waals surface area contributed by atoms with Crippen molar-refractivity contribution in [3.63, 3.8) is 0 Å². The molecule has 0 spiro atoms. The second kappa shape index (κ2) is 3.84. The van der Waals surface area contributed by atoms with Crippen LogP contribution in [0.1, 0.15) is 20.3 Å². The summed E-state index contributed by atoms with van der Waals surface area (Å²) in [6, 6.07) is -0.716. The van der Waals surface area contributed by atoms with Gasteiger partial charge in [0, 0.05) is 18.0 Å². The number of carboxylic acids is 1. The zero-order valence-electron chi connectivity index (χ0n) is 8.53. The van der Waals surface area contributed by atoms with Gasteiger partial charge in [-0.3, -0.25) is 4.79 Å². The summed E-state index contributed by atoms with van der Waals surface area (Å²) in [7, 11) is 0.